The Morgan fingerprint density at radius 2 is 1.81 bits per heavy atom. The molecule has 7 heteroatoms. The van der Waals surface area contributed by atoms with E-state index in [9.17, 15) is 0 Å². The number of nitrogens with zero attached hydrogens (tertiary/aromatic N) is 7. The summed E-state index contributed by atoms with van der Waals surface area (Å²) < 4.78 is 4.32. The first-order chi connectivity index (χ1) is 17.4. The Labute approximate surface area is 215 Å². The van der Waals surface area contributed by atoms with Crippen LogP contribution in [0, 0.1) is 19.3 Å². The molecule has 0 radical (unpaired) electrons. The lowest BCUT2D eigenvalue weighted by atomic mass is 9.56. The topological polar surface area (TPSA) is 55.0 Å². The summed E-state index contributed by atoms with van der Waals surface area (Å²) in [6, 6.07) is 2.22. The maximum Gasteiger partial charge on any atom is 0.159 e. The van der Waals surface area contributed by atoms with Gasteiger partial charge in [0.05, 0.1) is 23.0 Å². The van der Waals surface area contributed by atoms with Gasteiger partial charge in [-0.1, -0.05) is 13.8 Å². The molecule has 0 amide bonds. The van der Waals surface area contributed by atoms with Gasteiger partial charge in [-0.25, -0.2) is 4.98 Å². The molecule has 0 spiro atoms. The fraction of sp³-hybridized carbons (Fsp3) is 0.690. The summed E-state index contributed by atoms with van der Waals surface area (Å²) in [6.45, 7) is 14.5. The summed E-state index contributed by atoms with van der Waals surface area (Å²) in [4.78, 5) is 10.1. The average molecular weight is 490 g/mol. The number of rotatable bonds is 7. The lowest BCUT2D eigenvalue weighted by Gasteiger charge is -2.57. The molecular formula is C29H43N7. The Morgan fingerprint density at radius 1 is 1.06 bits per heavy atom. The number of aromatic nitrogens is 5. The molecule has 36 heavy (non-hydrogen) atoms. The lowest BCUT2D eigenvalue weighted by molar-refractivity contribution is -0.0608. The second kappa shape index (κ2) is 8.86. The predicted octanol–water partition coefficient (Wildman–Crippen LogP) is 5.17. The van der Waals surface area contributed by atoms with Crippen molar-refractivity contribution in [2.24, 2.45) is 12.5 Å². The van der Waals surface area contributed by atoms with Crippen LogP contribution in [0.1, 0.15) is 81.4 Å². The molecule has 7 nitrogen and oxygen atoms in total. The minimum absolute atomic E-state index is 0.445. The molecule has 0 unspecified atom stereocenters. The second-order valence-electron chi connectivity index (χ2n) is 11.9. The van der Waals surface area contributed by atoms with Gasteiger partial charge in [0.25, 0.3) is 0 Å². The highest BCUT2D eigenvalue weighted by molar-refractivity contribution is 5.89. The van der Waals surface area contributed by atoms with Gasteiger partial charge in [0.1, 0.15) is 0 Å². The van der Waals surface area contributed by atoms with Crippen molar-refractivity contribution in [3.63, 3.8) is 0 Å². The molecule has 194 valence electrons. The SMILES string of the molecule is CCCN(CC)C12CCC(Cn3nc(C)c4c3CCN(c3cc(C)nc5c3cnn5C)C4)(CC1)CC2. The molecule has 0 N–H and O–H groups in total. The Morgan fingerprint density at radius 3 is 2.50 bits per heavy atom. The van der Waals surface area contributed by atoms with E-state index < -0.39 is 0 Å². The molecular weight excluding hydrogens is 446 g/mol. The molecule has 0 saturated heterocycles. The van der Waals surface area contributed by atoms with Crippen LogP contribution in [0.15, 0.2) is 12.3 Å². The third-order valence-electron chi connectivity index (χ3n) is 9.88. The molecule has 3 saturated carbocycles. The molecule has 0 aromatic carbocycles. The summed E-state index contributed by atoms with van der Waals surface area (Å²) >= 11 is 0. The zero-order valence-corrected chi connectivity index (χ0v) is 23.0. The van der Waals surface area contributed by atoms with E-state index in [0.717, 1.165) is 42.8 Å². The van der Waals surface area contributed by atoms with E-state index in [1.54, 1.807) is 0 Å². The van der Waals surface area contributed by atoms with Crippen LogP contribution < -0.4 is 4.90 Å². The molecule has 7 rings (SSSR count). The number of anilines is 1. The smallest absolute Gasteiger partial charge is 0.159 e. The van der Waals surface area contributed by atoms with Gasteiger partial charge in [0, 0.05) is 55.6 Å². The minimum atomic E-state index is 0.445. The average Bonchev–Trinajstić information content (AvgIpc) is 3.41. The van der Waals surface area contributed by atoms with Gasteiger partial charge in [0.2, 0.25) is 0 Å². The van der Waals surface area contributed by atoms with E-state index >= 15 is 0 Å². The van der Waals surface area contributed by atoms with Crippen LogP contribution >= 0.6 is 0 Å². The Balaban J connectivity index is 1.22. The predicted molar refractivity (Wildman–Crippen MR) is 145 cm³/mol. The molecule has 1 aliphatic heterocycles. The van der Waals surface area contributed by atoms with Gasteiger partial charge in [-0.05, 0) is 83.4 Å². The van der Waals surface area contributed by atoms with Crippen LogP contribution in [-0.4, -0.2) is 54.6 Å². The summed E-state index contributed by atoms with van der Waals surface area (Å²) in [5.74, 6) is 0. The number of aryl methyl sites for hydroxylation is 3. The Kier molecular flexibility index (Phi) is 5.90. The normalized spacial score (nSPS) is 25.8. The van der Waals surface area contributed by atoms with Crippen LogP contribution in [0.4, 0.5) is 5.69 Å². The summed E-state index contributed by atoms with van der Waals surface area (Å²) in [5, 5.41) is 10.8. The molecule has 4 heterocycles. The van der Waals surface area contributed by atoms with E-state index in [4.69, 9.17) is 10.1 Å². The third kappa shape index (κ3) is 3.77. The molecule has 3 aromatic rings. The van der Waals surface area contributed by atoms with Gasteiger partial charge in [-0.2, -0.15) is 10.2 Å². The Bertz CT molecular complexity index is 1240. The monoisotopic (exact) mass is 489 g/mol. The first kappa shape index (κ1) is 24.0. The third-order valence-corrected chi connectivity index (χ3v) is 9.88. The Hall–Kier alpha value is -2.41. The van der Waals surface area contributed by atoms with Crippen molar-refractivity contribution < 1.29 is 0 Å². The first-order valence-corrected chi connectivity index (χ1v) is 14.2. The van der Waals surface area contributed by atoms with Crippen molar-refractivity contribution in [3.05, 3.63) is 34.9 Å². The van der Waals surface area contributed by atoms with Crippen molar-refractivity contribution in [1.82, 2.24) is 29.4 Å². The summed E-state index contributed by atoms with van der Waals surface area (Å²) in [7, 11) is 1.98. The molecule has 3 aromatic heterocycles. The van der Waals surface area contributed by atoms with E-state index in [0.29, 0.717) is 11.0 Å². The largest absolute Gasteiger partial charge is 0.366 e. The summed E-state index contributed by atoms with van der Waals surface area (Å²) in [6.07, 6.45) is 12.5. The van der Waals surface area contributed by atoms with Crippen molar-refractivity contribution in [3.8, 4) is 0 Å². The first-order valence-electron chi connectivity index (χ1n) is 14.2. The highest BCUT2D eigenvalue weighted by Gasteiger charge is 2.51. The zero-order chi connectivity index (χ0) is 25.1. The van der Waals surface area contributed by atoms with Gasteiger partial charge in [-0.15, -0.1) is 0 Å². The lowest BCUT2D eigenvalue weighted by Crippen LogP contribution is -2.57. The highest BCUT2D eigenvalue weighted by Crippen LogP contribution is 2.55. The van der Waals surface area contributed by atoms with E-state index in [1.807, 2.05) is 17.9 Å². The van der Waals surface area contributed by atoms with Gasteiger partial charge in [-0.3, -0.25) is 14.3 Å². The zero-order valence-electron chi connectivity index (χ0n) is 23.0. The molecule has 2 bridgehead atoms. The van der Waals surface area contributed by atoms with Crippen LogP contribution in [0.5, 0.6) is 0 Å². The molecule has 3 aliphatic carbocycles. The van der Waals surface area contributed by atoms with E-state index in [-0.39, 0.29) is 0 Å². The minimum Gasteiger partial charge on any atom is -0.366 e. The number of hydrogen-bond donors (Lipinski definition) is 0. The van der Waals surface area contributed by atoms with E-state index in [1.165, 1.54) is 80.7 Å². The van der Waals surface area contributed by atoms with E-state index in [2.05, 4.69) is 53.3 Å². The highest BCUT2D eigenvalue weighted by atomic mass is 15.3. The summed E-state index contributed by atoms with van der Waals surface area (Å²) in [5.41, 5.74) is 8.32. The second-order valence-corrected chi connectivity index (χ2v) is 11.9. The molecule has 3 fully saturated rings. The van der Waals surface area contributed by atoms with Crippen LogP contribution in [0.25, 0.3) is 11.0 Å². The van der Waals surface area contributed by atoms with Gasteiger partial charge < -0.3 is 4.90 Å². The molecule has 4 aliphatic rings. The van der Waals surface area contributed by atoms with Crippen molar-refractivity contribution in [2.45, 2.75) is 97.7 Å². The van der Waals surface area contributed by atoms with Crippen LogP contribution in [-0.2, 0) is 26.6 Å². The molecule has 0 atom stereocenters. The van der Waals surface area contributed by atoms with Gasteiger partial charge in [0.15, 0.2) is 5.65 Å². The standard InChI is InChI=1S/C29H43N7/c1-6-15-35(7-2)29-12-9-28(10-13-29,11-14-29)20-36-25-8-16-34(19-24(25)22(4)32-36)26-17-21(3)31-27-23(26)18-30-33(27)5/h17-18H,6-16,19-20H2,1-5H3. The quantitative estimate of drug-likeness (QED) is 0.458. The fourth-order valence-corrected chi connectivity index (χ4v) is 7.75. The van der Waals surface area contributed by atoms with Crippen molar-refractivity contribution in [2.75, 3.05) is 24.5 Å². The number of hydrogen-bond acceptors (Lipinski definition) is 5. The number of pyridine rings is 1. The number of fused-ring (bicyclic) bond motifs is 5. The van der Waals surface area contributed by atoms with Gasteiger partial charge >= 0.3 is 0 Å². The van der Waals surface area contributed by atoms with Crippen LogP contribution in [0.2, 0.25) is 0 Å². The maximum absolute atomic E-state index is 5.16. The van der Waals surface area contributed by atoms with Crippen LogP contribution in [0.3, 0.4) is 0 Å². The van der Waals surface area contributed by atoms with Crippen molar-refractivity contribution >= 4 is 16.7 Å². The maximum atomic E-state index is 5.16. The van der Waals surface area contributed by atoms with Crippen molar-refractivity contribution in [1.29, 1.82) is 0 Å². The fourth-order valence-electron chi connectivity index (χ4n) is 7.75.